The van der Waals surface area contributed by atoms with Crippen molar-refractivity contribution in [1.29, 1.82) is 0 Å². The van der Waals surface area contributed by atoms with Crippen LogP contribution in [0.25, 0.3) is 0 Å². The van der Waals surface area contributed by atoms with Gasteiger partial charge in [-0.05, 0) is 35.8 Å². The van der Waals surface area contributed by atoms with Crippen molar-refractivity contribution >= 4 is 5.97 Å². The summed E-state index contributed by atoms with van der Waals surface area (Å²) in [5.74, 6) is -0.681. The lowest BCUT2D eigenvalue weighted by molar-refractivity contribution is -0.140. The van der Waals surface area contributed by atoms with E-state index >= 15 is 0 Å². The zero-order valence-corrected chi connectivity index (χ0v) is 10.8. The van der Waals surface area contributed by atoms with Gasteiger partial charge in [-0.15, -0.1) is 0 Å². The van der Waals surface area contributed by atoms with Gasteiger partial charge in [-0.1, -0.05) is 45.0 Å². The van der Waals surface area contributed by atoms with Crippen molar-refractivity contribution in [1.82, 2.24) is 0 Å². The SMILES string of the molecule is CCC(C)(C)c1ccc(C2(C(=O)O)CC2)cc1. The van der Waals surface area contributed by atoms with E-state index in [1.54, 1.807) is 0 Å². The monoisotopic (exact) mass is 232 g/mol. The fourth-order valence-corrected chi connectivity index (χ4v) is 2.20. The number of hydrogen-bond acceptors (Lipinski definition) is 1. The number of carboxylic acids is 1. The van der Waals surface area contributed by atoms with Crippen LogP contribution in [0.2, 0.25) is 0 Å². The Morgan fingerprint density at radius 1 is 1.29 bits per heavy atom. The maximum absolute atomic E-state index is 11.2. The zero-order valence-electron chi connectivity index (χ0n) is 10.8. The summed E-state index contributed by atoms with van der Waals surface area (Å²) >= 11 is 0. The van der Waals surface area contributed by atoms with Gasteiger partial charge in [-0.25, -0.2) is 0 Å². The highest BCUT2D eigenvalue weighted by Crippen LogP contribution is 2.48. The van der Waals surface area contributed by atoms with E-state index in [0.717, 1.165) is 24.8 Å². The van der Waals surface area contributed by atoms with E-state index < -0.39 is 11.4 Å². The molecule has 1 saturated carbocycles. The molecule has 0 saturated heterocycles. The third-order valence-corrected chi connectivity index (χ3v) is 4.26. The number of rotatable bonds is 4. The highest BCUT2D eigenvalue weighted by atomic mass is 16.4. The molecule has 2 rings (SSSR count). The van der Waals surface area contributed by atoms with Crippen LogP contribution in [0.5, 0.6) is 0 Å². The molecule has 0 atom stereocenters. The zero-order chi connectivity index (χ0) is 12.7. The molecule has 1 aliphatic carbocycles. The molecule has 0 bridgehead atoms. The van der Waals surface area contributed by atoms with Crippen molar-refractivity contribution in [3.05, 3.63) is 35.4 Å². The molecule has 0 unspecified atom stereocenters. The topological polar surface area (TPSA) is 37.3 Å². The van der Waals surface area contributed by atoms with E-state index in [4.69, 9.17) is 0 Å². The van der Waals surface area contributed by atoms with Crippen LogP contribution in [-0.4, -0.2) is 11.1 Å². The molecule has 92 valence electrons. The molecule has 2 nitrogen and oxygen atoms in total. The largest absolute Gasteiger partial charge is 0.481 e. The second-order valence-electron chi connectivity index (χ2n) is 5.70. The predicted octanol–water partition coefficient (Wildman–Crippen LogP) is 3.49. The van der Waals surface area contributed by atoms with Crippen molar-refractivity contribution in [2.75, 3.05) is 0 Å². The number of carbonyl (C=O) groups is 1. The van der Waals surface area contributed by atoms with Gasteiger partial charge < -0.3 is 5.11 Å². The van der Waals surface area contributed by atoms with E-state index in [1.165, 1.54) is 5.56 Å². The molecule has 0 aromatic heterocycles. The summed E-state index contributed by atoms with van der Waals surface area (Å²) < 4.78 is 0. The molecular weight excluding hydrogens is 212 g/mol. The lowest BCUT2D eigenvalue weighted by Crippen LogP contribution is -2.20. The molecule has 1 aromatic rings. The van der Waals surface area contributed by atoms with Crippen LogP contribution in [0.15, 0.2) is 24.3 Å². The Morgan fingerprint density at radius 3 is 2.18 bits per heavy atom. The van der Waals surface area contributed by atoms with E-state index in [2.05, 4.69) is 32.9 Å². The van der Waals surface area contributed by atoms with E-state index in [9.17, 15) is 9.90 Å². The van der Waals surface area contributed by atoms with E-state index in [0.29, 0.717) is 0 Å². The van der Waals surface area contributed by atoms with Gasteiger partial charge in [-0.2, -0.15) is 0 Å². The average molecular weight is 232 g/mol. The number of hydrogen-bond donors (Lipinski definition) is 1. The number of benzene rings is 1. The number of aliphatic carboxylic acids is 1. The average Bonchev–Trinajstić information content (AvgIpc) is 3.10. The fraction of sp³-hybridized carbons (Fsp3) is 0.533. The van der Waals surface area contributed by atoms with Gasteiger partial charge in [0.1, 0.15) is 0 Å². The van der Waals surface area contributed by atoms with Crippen LogP contribution >= 0.6 is 0 Å². The molecule has 0 amide bonds. The fourth-order valence-electron chi connectivity index (χ4n) is 2.20. The first-order chi connectivity index (χ1) is 7.92. The third kappa shape index (κ3) is 1.97. The second-order valence-corrected chi connectivity index (χ2v) is 5.70. The Labute approximate surface area is 103 Å². The minimum absolute atomic E-state index is 0.165. The normalized spacial score (nSPS) is 17.8. The maximum Gasteiger partial charge on any atom is 0.314 e. The molecule has 0 heterocycles. The van der Waals surface area contributed by atoms with Gasteiger partial charge in [0, 0.05) is 0 Å². The quantitative estimate of drug-likeness (QED) is 0.862. The van der Waals surface area contributed by atoms with Gasteiger partial charge in [0.05, 0.1) is 5.41 Å². The van der Waals surface area contributed by atoms with Crippen molar-refractivity contribution < 1.29 is 9.90 Å². The van der Waals surface area contributed by atoms with Gasteiger partial charge in [-0.3, -0.25) is 4.79 Å². The maximum atomic E-state index is 11.2. The first-order valence-corrected chi connectivity index (χ1v) is 6.27. The summed E-state index contributed by atoms with van der Waals surface area (Å²) in [7, 11) is 0. The molecule has 2 heteroatoms. The summed E-state index contributed by atoms with van der Waals surface area (Å²) in [6, 6.07) is 8.16. The van der Waals surface area contributed by atoms with Crippen molar-refractivity contribution in [3.8, 4) is 0 Å². The minimum Gasteiger partial charge on any atom is -0.481 e. The van der Waals surface area contributed by atoms with Crippen LogP contribution in [0.4, 0.5) is 0 Å². The van der Waals surface area contributed by atoms with Crippen LogP contribution in [0, 0.1) is 0 Å². The molecular formula is C15H20O2. The van der Waals surface area contributed by atoms with Crippen molar-refractivity contribution in [2.24, 2.45) is 0 Å². The minimum atomic E-state index is -0.681. The van der Waals surface area contributed by atoms with Crippen LogP contribution < -0.4 is 0 Å². The van der Waals surface area contributed by atoms with Gasteiger partial charge in [0.2, 0.25) is 0 Å². The second kappa shape index (κ2) is 3.86. The Hall–Kier alpha value is -1.31. The first-order valence-electron chi connectivity index (χ1n) is 6.27. The van der Waals surface area contributed by atoms with Crippen LogP contribution in [0.1, 0.15) is 51.2 Å². The van der Waals surface area contributed by atoms with E-state index in [1.807, 2.05) is 12.1 Å². The summed E-state index contributed by atoms with van der Waals surface area (Å²) in [6.07, 6.45) is 2.63. The highest BCUT2D eigenvalue weighted by molar-refractivity contribution is 5.84. The van der Waals surface area contributed by atoms with Gasteiger partial charge >= 0.3 is 5.97 Å². The molecule has 1 aliphatic rings. The highest BCUT2D eigenvalue weighted by Gasteiger charge is 2.51. The molecule has 0 spiro atoms. The molecule has 0 aliphatic heterocycles. The van der Waals surface area contributed by atoms with Gasteiger partial charge in [0.15, 0.2) is 0 Å². The number of carboxylic acid groups (broad SMARTS) is 1. The molecule has 17 heavy (non-hydrogen) atoms. The Kier molecular flexibility index (Phi) is 2.76. The summed E-state index contributed by atoms with van der Waals surface area (Å²) in [5.41, 5.74) is 1.83. The predicted molar refractivity (Wildman–Crippen MR) is 68.3 cm³/mol. The summed E-state index contributed by atoms with van der Waals surface area (Å²) in [4.78, 5) is 11.2. The summed E-state index contributed by atoms with van der Waals surface area (Å²) in [5, 5.41) is 9.23. The smallest absolute Gasteiger partial charge is 0.314 e. The first kappa shape index (κ1) is 12.2. The Morgan fingerprint density at radius 2 is 1.82 bits per heavy atom. The standard InChI is InChI=1S/C15H20O2/c1-4-14(2,3)11-5-7-12(8-6-11)15(9-10-15)13(16)17/h5-8H,4,9-10H2,1-3H3,(H,16,17). The van der Waals surface area contributed by atoms with Crippen LogP contribution in [-0.2, 0) is 15.6 Å². The molecule has 1 aromatic carbocycles. The lowest BCUT2D eigenvalue weighted by atomic mass is 9.81. The lowest BCUT2D eigenvalue weighted by Gasteiger charge is -2.24. The Bertz CT molecular complexity index is 425. The van der Waals surface area contributed by atoms with Crippen LogP contribution in [0.3, 0.4) is 0 Å². The Balaban J connectivity index is 2.28. The molecule has 1 N–H and O–H groups in total. The van der Waals surface area contributed by atoms with Gasteiger partial charge in [0.25, 0.3) is 0 Å². The molecule has 1 fully saturated rings. The molecule has 0 radical (unpaired) electrons. The van der Waals surface area contributed by atoms with Crippen molar-refractivity contribution in [3.63, 3.8) is 0 Å². The third-order valence-electron chi connectivity index (χ3n) is 4.26. The van der Waals surface area contributed by atoms with Crippen molar-refractivity contribution in [2.45, 2.75) is 50.9 Å². The van der Waals surface area contributed by atoms with E-state index in [-0.39, 0.29) is 5.41 Å². The summed E-state index contributed by atoms with van der Waals surface area (Å²) in [6.45, 7) is 6.60.